The van der Waals surface area contributed by atoms with Crippen LogP contribution in [-0.2, 0) is 16.6 Å². The molecule has 1 aromatic heterocycles. The van der Waals surface area contributed by atoms with Gasteiger partial charge in [-0.15, -0.1) is 5.10 Å². The van der Waals surface area contributed by atoms with Crippen LogP contribution in [0.2, 0.25) is 0 Å². The van der Waals surface area contributed by atoms with E-state index in [2.05, 4.69) is 10.3 Å². The summed E-state index contributed by atoms with van der Waals surface area (Å²) in [4.78, 5) is 25.9. The minimum absolute atomic E-state index is 0.160. The number of nitrogens with zero attached hydrogens (tertiary/aromatic N) is 4. The molecule has 2 aromatic carbocycles. The summed E-state index contributed by atoms with van der Waals surface area (Å²) in [6.45, 7) is 2.09. The molecule has 0 spiro atoms. The second-order valence-electron chi connectivity index (χ2n) is 6.41. The number of amides is 2. The van der Waals surface area contributed by atoms with Gasteiger partial charge in [-0.05, 0) is 35.8 Å². The number of imide groups is 1. The van der Waals surface area contributed by atoms with Crippen molar-refractivity contribution in [3.05, 3.63) is 65.2 Å². The molecular formula is C20H18N4O3. The first kappa shape index (κ1) is 17.0. The van der Waals surface area contributed by atoms with Gasteiger partial charge >= 0.3 is 6.09 Å². The molecule has 136 valence electrons. The van der Waals surface area contributed by atoms with E-state index in [4.69, 9.17) is 4.74 Å². The fourth-order valence-electron chi connectivity index (χ4n) is 3.26. The van der Waals surface area contributed by atoms with Crippen molar-refractivity contribution in [2.45, 2.75) is 13.0 Å². The number of fused-ring (bicyclic) bond motifs is 1. The van der Waals surface area contributed by atoms with E-state index in [9.17, 15) is 9.59 Å². The molecule has 0 bridgehead atoms. The van der Waals surface area contributed by atoms with Gasteiger partial charge in [0.1, 0.15) is 18.2 Å². The maximum atomic E-state index is 12.7. The molecule has 1 aliphatic heterocycles. The Balaban J connectivity index is 1.61. The highest BCUT2D eigenvalue weighted by Gasteiger charge is 2.37. The van der Waals surface area contributed by atoms with Gasteiger partial charge in [0.25, 0.3) is 5.91 Å². The van der Waals surface area contributed by atoms with Crippen LogP contribution in [0.4, 0.5) is 4.79 Å². The average Bonchev–Trinajstić information content (AvgIpc) is 3.25. The lowest BCUT2D eigenvalue weighted by molar-refractivity contribution is -0.124. The molecule has 27 heavy (non-hydrogen) atoms. The molecule has 4 rings (SSSR count). The SMILES string of the molecule is Cc1c(/C=C/C(=O)N2C(=O)OC[C@@H]2c2ccccc2)ccc2c1nnn2C. The normalized spacial score (nSPS) is 17.0. The first-order valence-corrected chi connectivity index (χ1v) is 8.58. The Kier molecular flexibility index (Phi) is 4.19. The van der Waals surface area contributed by atoms with E-state index < -0.39 is 18.0 Å². The van der Waals surface area contributed by atoms with Gasteiger partial charge in [0.15, 0.2) is 0 Å². The largest absolute Gasteiger partial charge is 0.446 e. The second kappa shape index (κ2) is 6.68. The summed E-state index contributed by atoms with van der Waals surface area (Å²) < 4.78 is 6.80. The van der Waals surface area contributed by atoms with E-state index in [1.165, 1.54) is 6.08 Å². The minimum atomic E-state index is -0.625. The summed E-state index contributed by atoms with van der Waals surface area (Å²) in [5.74, 6) is -0.412. The average molecular weight is 362 g/mol. The minimum Gasteiger partial charge on any atom is -0.446 e. The number of aromatic nitrogens is 3. The first-order valence-electron chi connectivity index (χ1n) is 8.58. The molecule has 2 heterocycles. The van der Waals surface area contributed by atoms with Crippen molar-refractivity contribution in [3.63, 3.8) is 0 Å². The third-order valence-corrected chi connectivity index (χ3v) is 4.78. The van der Waals surface area contributed by atoms with Gasteiger partial charge in [-0.25, -0.2) is 14.4 Å². The van der Waals surface area contributed by atoms with Crippen molar-refractivity contribution < 1.29 is 14.3 Å². The van der Waals surface area contributed by atoms with Gasteiger partial charge in [-0.3, -0.25) is 4.79 Å². The Morgan fingerprint density at radius 1 is 1.22 bits per heavy atom. The molecule has 1 saturated heterocycles. The van der Waals surface area contributed by atoms with Gasteiger partial charge in [-0.1, -0.05) is 41.6 Å². The quantitative estimate of drug-likeness (QED) is 0.670. The van der Waals surface area contributed by atoms with Crippen LogP contribution < -0.4 is 0 Å². The number of hydrogen-bond donors (Lipinski definition) is 0. The fraction of sp³-hybridized carbons (Fsp3) is 0.200. The van der Waals surface area contributed by atoms with Crippen molar-refractivity contribution in [2.24, 2.45) is 7.05 Å². The van der Waals surface area contributed by atoms with Crippen LogP contribution in [0.1, 0.15) is 22.7 Å². The third kappa shape index (κ3) is 2.97. The molecule has 7 nitrogen and oxygen atoms in total. The van der Waals surface area contributed by atoms with Crippen molar-refractivity contribution in [3.8, 4) is 0 Å². The number of cyclic esters (lactones) is 1. The molecule has 0 N–H and O–H groups in total. The summed E-state index contributed by atoms with van der Waals surface area (Å²) in [5.41, 5.74) is 4.34. The second-order valence-corrected chi connectivity index (χ2v) is 6.41. The zero-order valence-electron chi connectivity index (χ0n) is 15.0. The van der Waals surface area contributed by atoms with E-state index >= 15 is 0 Å². The number of carbonyl (C=O) groups is 2. The van der Waals surface area contributed by atoms with Crippen molar-refractivity contribution >= 4 is 29.1 Å². The van der Waals surface area contributed by atoms with Crippen molar-refractivity contribution in [1.82, 2.24) is 19.9 Å². The van der Waals surface area contributed by atoms with Crippen LogP contribution in [0.5, 0.6) is 0 Å². The number of benzene rings is 2. The number of hydrogen-bond acceptors (Lipinski definition) is 5. The lowest BCUT2D eigenvalue weighted by Crippen LogP contribution is -2.32. The van der Waals surface area contributed by atoms with Gasteiger partial charge in [0, 0.05) is 13.1 Å². The molecule has 0 saturated carbocycles. The van der Waals surface area contributed by atoms with E-state index in [-0.39, 0.29) is 6.61 Å². The molecule has 1 atom stereocenters. The molecule has 7 heteroatoms. The standard InChI is InChI=1S/C20H18N4O3/c1-13-14(8-10-16-19(13)21-22-23(16)2)9-11-18(25)24-17(12-27-20(24)26)15-6-4-3-5-7-15/h3-11,17H,12H2,1-2H3/b11-9+/t17-/m1/s1. The van der Waals surface area contributed by atoms with Crippen LogP contribution >= 0.6 is 0 Å². The predicted molar refractivity (Wildman–Crippen MR) is 99.7 cm³/mol. The Labute approximate surface area is 155 Å². The molecule has 1 aliphatic rings. The summed E-state index contributed by atoms with van der Waals surface area (Å²) in [6, 6.07) is 12.8. The summed E-state index contributed by atoms with van der Waals surface area (Å²) in [7, 11) is 1.83. The topological polar surface area (TPSA) is 77.3 Å². The maximum absolute atomic E-state index is 12.7. The number of aryl methyl sites for hydroxylation is 2. The van der Waals surface area contributed by atoms with Gasteiger partial charge in [-0.2, -0.15) is 0 Å². The lowest BCUT2D eigenvalue weighted by atomic mass is 10.1. The Hall–Kier alpha value is -3.48. The Morgan fingerprint density at radius 3 is 2.78 bits per heavy atom. The van der Waals surface area contributed by atoms with E-state index in [0.29, 0.717) is 0 Å². The molecule has 1 fully saturated rings. The third-order valence-electron chi connectivity index (χ3n) is 4.78. The van der Waals surface area contributed by atoms with Gasteiger partial charge in [0.2, 0.25) is 0 Å². The monoisotopic (exact) mass is 362 g/mol. The number of carbonyl (C=O) groups excluding carboxylic acids is 2. The van der Waals surface area contributed by atoms with Crippen LogP contribution in [0.15, 0.2) is 48.5 Å². The van der Waals surface area contributed by atoms with Crippen LogP contribution in [0, 0.1) is 6.92 Å². The zero-order chi connectivity index (χ0) is 19.0. The first-order chi connectivity index (χ1) is 13.1. The maximum Gasteiger partial charge on any atom is 0.417 e. The highest BCUT2D eigenvalue weighted by Crippen LogP contribution is 2.28. The molecule has 0 aliphatic carbocycles. The number of rotatable bonds is 3. The molecule has 0 radical (unpaired) electrons. The molecule has 0 unspecified atom stereocenters. The highest BCUT2D eigenvalue weighted by atomic mass is 16.6. The molecular weight excluding hydrogens is 344 g/mol. The van der Waals surface area contributed by atoms with Crippen LogP contribution in [-0.4, -0.2) is 38.5 Å². The van der Waals surface area contributed by atoms with Gasteiger partial charge < -0.3 is 4.74 Å². The van der Waals surface area contributed by atoms with Crippen LogP contribution in [0.3, 0.4) is 0 Å². The highest BCUT2D eigenvalue weighted by molar-refractivity contribution is 6.02. The Bertz CT molecular complexity index is 1060. The van der Waals surface area contributed by atoms with Crippen molar-refractivity contribution in [2.75, 3.05) is 6.61 Å². The van der Waals surface area contributed by atoms with E-state index in [1.807, 2.05) is 56.4 Å². The van der Waals surface area contributed by atoms with Crippen LogP contribution in [0.25, 0.3) is 17.1 Å². The Morgan fingerprint density at radius 2 is 2.00 bits per heavy atom. The lowest BCUT2D eigenvalue weighted by Gasteiger charge is -2.18. The van der Waals surface area contributed by atoms with Gasteiger partial charge in [0.05, 0.1) is 5.52 Å². The zero-order valence-corrected chi connectivity index (χ0v) is 15.0. The molecule has 3 aromatic rings. The smallest absolute Gasteiger partial charge is 0.417 e. The van der Waals surface area contributed by atoms with Crippen molar-refractivity contribution in [1.29, 1.82) is 0 Å². The fourth-order valence-corrected chi connectivity index (χ4v) is 3.26. The summed E-state index contributed by atoms with van der Waals surface area (Å²) in [5, 5.41) is 8.17. The van der Waals surface area contributed by atoms with E-state index in [1.54, 1.807) is 10.8 Å². The number of ether oxygens (including phenoxy) is 1. The summed E-state index contributed by atoms with van der Waals surface area (Å²) >= 11 is 0. The predicted octanol–water partition coefficient (Wildman–Crippen LogP) is 3.01. The summed E-state index contributed by atoms with van der Waals surface area (Å²) in [6.07, 6.45) is 2.46. The van der Waals surface area contributed by atoms with E-state index in [0.717, 1.165) is 32.6 Å². The molecule has 2 amide bonds.